The molecule has 0 bridgehead atoms. The zero-order valence-corrected chi connectivity index (χ0v) is 11.5. The fourth-order valence-corrected chi connectivity index (χ4v) is 2.01. The van der Waals surface area contributed by atoms with Crippen molar-refractivity contribution in [1.29, 1.82) is 0 Å². The minimum Gasteiger partial charge on any atom is -0.352 e. The van der Waals surface area contributed by atoms with Crippen LogP contribution in [-0.2, 0) is 0 Å². The van der Waals surface area contributed by atoms with Gasteiger partial charge in [0.05, 0.1) is 5.69 Å². The number of nitrogens with one attached hydrogen (secondary N) is 1. The fraction of sp³-hybridized carbons (Fsp3) is 0.643. The van der Waals surface area contributed by atoms with Gasteiger partial charge in [0.2, 0.25) is 5.95 Å². The third-order valence-electron chi connectivity index (χ3n) is 3.17. The first-order valence-corrected chi connectivity index (χ1v) is 6.48. The lowest BCUT2D eigenvalue weighted by molar-refractivity contribution is 0.401. The molecule has 0 spiro atoms. The lowest BCUT2D eigenvalue weighted by Crippen LogP contribution is -2.13. The standard InChI is InChI=1S/C14H25N3/c1-6-8-15-14-16-12(4)10-17(14)13(5)9-11(3)7-2/h6,10-11,13H,1,7-9H2,2-5H3,(H,15,16). The summed E-state index contributed by atoms with van der Waals surface area (Å²) in [5.74, 6) is 1.71. The van der Waals surface area contributed by atoms with Gasteiger partial charge in [0.15, 0.2) is 0 Å². The van der Waals surface area contributed by atoms with Crippen molar-refractivity contribution in [3.8, 4) is 0 Å². The Hall–Kier alpha value is -1.25. The number of imidazole rings is 1. The molecule has 2 atom stereocenters. The van der Waals surface area contributed by atoms with Gasteiger partial charge in [-0.3, -0.25) is 0 Å². The SMILES string of the molecule is C=CCNc1nc(C)cn1C(C)CC(C)CC. The molecule has 1 N–H and O–H groups in total. The number of rotatable bonds is 7. The molecule has 2 unspecified atom stereocenters. The molecule has 0 saturated heterocycles. The first-order chi connectivity index (χ1) is 8.08. The number of anilines is 1. The van der Waals surface area contributed by atoms with E-state index in [1.165, 1.54) is 12.8 Å². The molecule has 0 aromatic carbocycles. The second kappa shape index (κ2) is 6.48. The average molecular weight is 235 g/mol. The van der Waals surface area contributed by atoms with Gasteiger partial charge in [-0.15, -0.1) is 6.58 Å². The van der Waals surface area contributed by atoms with Crippen molar-refractivity contribution in [2.24, 2.45) is 5.92 Å². The highest BCUT2D eigenvalue weighted by molar-refractivity contribution is 5.30. The maximum absolute atomic E-state index is 4.51. The third kappa shape index (κ3) is 3.91. The highest BCUT2D eigenvalue weighted by Crippen LogP contribution is 2.23. The van der Waals surface area contributed by atoms with Crippen molar-refractivity contribution >= 4 is 5.95 Å². The normalized spacial score (nSPS) is 14.4. The van der Waals surface area contributed by atoms with E-state index in [9.17, 15) is 0 Å². The average Bonchev–Trinajstić information content (AvgIpc) is 2.67. The third-order valence-corrected chi connectivity index (χ3v) is 3.17. The Balaban J connectivity index is 2.76. The molecule has 96 valence electrons. The molecular weight excluding hydrogens is 210 g/mol. The van der Waals surface area contributed by atoms with Crippen molar-refractivity contribution in [1.82, 2.24) is 9.55 Å². The molecule has 1 rings (SSSR count). The number of aryl methyl sites for hydroxylation is 1. The molecule has 0 aliphatic carbocycles. The summed E-state index contributed by atoms with van der Waals surface area (Å²) in [6.45, 7) is 13.3. The number of nitrogens with zero attached hydrogens (tertiary/aromatic N) is 2. The molecule has 0 radical (unpaired) electrons. The Bertz CT molecular complexity index is 354. The van der Waals surface area contributed by atoms with Crippen molar-refractivity contribution in [2.45, 2.75) is 46.6 Å². The van der Waals surface area contributed by atoms with Crippen molar-refractivity contribution < 1.29 is 0 Å². The maximum Gasteiger partial charge on any atom is 0.203 e. The molecule has 3 nitrogen and oxygen atoms in total. The van der Waals surface area contributed by atoms with Crippen LogP contribution in [-0.4, -0.2) is 16.1 Å². The largest absolute Gasteiger partial charge is 0.352 e. The Labute approximate surface area is 105 Å². The summed E-state index contributed by atoms with van der Waals surface area (Å²) in [4.78, 5) is 4.51. The number of hydrogen-bond acceptors (Lipinski definition) is 2. The van der Waals surface area contributed by atoms with E-state index in [0.29, 0.717) is 6.04 Å². The lowest BCUT2D eigenvalue weighted by Gasteiger charge is -2.19. The van der Waals surface area contributed by atoms with E-state index in [1.54, 1.807) is 0 Å². The predicted molar refractivity (Wildman–Crippen MR) is 74.4 cm³/mol. The fourth-order valence-electron chi connectivity index (χ4n) is 2.01. The molecule has 0 aliphatic rings. The van der Waals surface area contributed by atoms with Crippen LogP contribution >= 0.6 is 0 Å². The second-order valence-corrected chi connectivity index (χ2v) is 4.88. The minimum absolute atomic E-state index is 0.485. The first-order valence-electron chi connectivity index (χ1n) is 6.48. The molecule has 0 amide bonds. The van der Waals surface area contributed by atoms with Gasteiger partial charge in [-0.2, -0.15) is 0 Å². The van der Waals surface area contributed by atoms with Gasteiger partial charge >= 0.3 is 0 Å². The first kappa shape index (κ1) is 13.8. The smallest absolute Gasteiger partial charge is 0.203 e. The second-order valence-electron chi connectivity index (χ2n) is 4.88. The Kier molecular flexibility index (Phi) is 5.26. The van der Waals surface area contributed by atoms with E-state index < -0.39 is 0 Å². The molecule has 1 heterocycles. The lowest BCUT2D eigenvalue weighted by atomic mass is 10.0. The summed E-state index contributed by atoms with van der Waals surface area (Å²) in [6.07, 6.45) is 6.40. The van der Waals surface area contributed by atoms with Gasteiger partial charge in [0, 0.05) is 18.8 Å². The van der Waals surface area contributed by atoms with Crippen molar-refractivity contribution in [3.63, 3.8) is 0 Å². The quantitative estimate of drug-likeness (QED) is 0.729. The van der Waals surface area contributed by atoms with Crippen LogP contribution < -0.4 is 5.32 Å². The van der Waals surface area contributed by atoms with E-state index in [1.807, 2.05) is 13.0 Å². The molecule has 1 aromatic heterocycles. The van der Waals surface area contributed by atoms with Gasteiger partial charge in [-0.05, 0) is 26.2 Å². The molecule has 1 aromatic rings. The Morgan fingerprint density at radius 2 is 2.24 bits per heavy atom. The van der Waals surface area contributed by atoms with Crippen LogP contribution in [0.1, 0.15) is 45.3 Å². The monoisotopic (exact) mass is 235 g/mol. The summed E-state index contributed by atoms with van der Waals surface area (Å²) >= 11 is 0. The zero-order valence-electron chi connectivity index (χ0n) is 11.5. The summed E-state index contributed by atoms with van der Waals surface area (Å²) in [7, 11) is 0. The highest BCUT2D eigenvalue weighted by Gasteiger charge is 2.13. The van der Waals surface area contributed by atoms with Crippen LogP contribution in [0.5, 0.6) is 0 Å². The van der Waals surface area contributed by atoms with Gasteiger partial charge < -0.3 is 9.88 Å². The summed E-state index contributed by atoms with van der Waals surface area (Å²) < 4.78 is 2.24. The topological polar surface area (TPSA) is 29.9 Å². The molecule has 0 saturated carbocycles. The Morgan fingerprint density at radius 1 is 1.53 bits per heavy atom. The molecule has 0 fully saturated rings. The molecule has 3 heteroatoms. The summed E-state index contributed by atoms with van der Waals surface area (Å²) in [5, 5.41) is 3.29. The van der Waals surface area contributed by atoms with Crippen LogP contribution in [0.4, 0.5) is 5.95 Å². The minimum atomic E-state index is 0.485. The summed E-state index contributed by atoms with van der Waals surface area (Å²) in [6, 6.07) is 0.485. The van der Waals surface area contributed by atoms with Crippen LogP contribution in [0.2, 0.25) is 0 Å². The number of hydrogen-bond donors (Lipinski definition) is 1. The van der Waals surface area contributed by atoms with E-state index >= 15 is 0 Å². The van der Waals surface area contributed by atoms with Gasteiger partial charge in [0.25, 0.3) is 0 Å². The summed E-state index contributed by atoms with van der Waals surface area (Å²) in [5.41, 5.74) is 1.06. The van der Waals surface area contributed by atoms with E-state index in [2.05, 4.69) is 48.4 Å². The Morgan fingerprint density at radius 3 is 2.82 bits per heavy atom. The van der Waals surface area contributed by atoms with E-state index in [-0.39, 0.29) is 0 Å². The predicted octanol–water partition coefficient (Wildman–Crippen LogP) is 3.79. The zero-order chi connectivity index (χ0) is 12.8. The number of aromatic nitrogens is 2. The molecular formula is C14H25N3. The van der Waals surface area contributed by atoms with Crippen LogP contribution in [0.3, 0.4) is 0 Å². The molecule has 17 heavy (non-hydrogen) atoms. The highest BCUT2D eigenvalue weighted by atomic mass is 15.2. The maximum atomic E-state index is 4.51. The van der Waals surface area contributed by atoms with Gasteiger partial charge in [-0.1, -0.05) is 26.3 Å². The van der Waals surface area contributed by atoms with Gasteiger partial charge in [0.1, 0.15) is 0 Å². The van der Waals surface area contributed by atoms with Gasteiger partial charge in [-0.25, -0.2) is 4.98 Å². The van der Waals surface area contributed by atoms with Crippen molar-refractivity contribution in [2.75, 3.05) is 11.9 Å². The van der Waals surface area contributed by atoms with Crippen LogP contribution in [0.15, 0.2) is 18.9 Å². The molecule has 0 aliphatic heterocycles. The van der Waals surface area contributed by atoms with E-state index in [4.69, 9.17) is 0 Å². The van der Waals surface area contributed by atoms with Crippen molar-refractivity contribution in [3.05, 3.63) is 24.5 Å². The van der Waals surface area contributed by atoms with E-state index in [0.717, 1.165) is 24.1 Å². The van der Waals surface area contributed by atoms with Crippen LogP contribution in [0.25, 0.3) is 0 Å². The van der Waals surface area contributed by atoms with Crippen LogP contribution in [0, 0.1) is 12.8 Å².